The van der Waals surface area contributed by atoms with Gasteiger partial charge < -0.3 is 4.90 Å². The van der Waals surface area contributed by atoms with Gasteiger partial charge in [-0.3, -0.25) is 4.57 Å². The first-order chi connectivity index (χ1) is 11.4. The topological polar surface area (TPSA) is 84.2 Å². The molecule has 2 aromatic heterocycles. The molecule has 0 bridgehead atoms. The van der Waals surface area contributed by atoms with Gasteiger partial charge in [-0.05, 0) is 32.9 Å². The van der Waals surface area contributed by atoms with E-state index in [9.17, 15) is 8.42 Å². The molecule has 1 aliphatic heterocycles. The van der Waals surface area contributed by atoms with Gasteiger partial charge in [-0.25, -0.2) is 13.4 Å². The molecule has 0 amide bonds. The van der Waals surface area contributed by atoms with Gasteiger partial charge in [0.1, 0.15) is 5.82 Å². The second-order valence-electron chi connectivity index (χ2n) is 6.07. The van der Waals surface area contributed by atoms with Gasteiger partial charge in [-0.15, -0.1) is 10.2 Å². The first kappa shape index (κ1) is 16.8. The van der Waals surface area contributed by atoms with Crippen molar-refractivity contribution in [2.45, 2.75) is 26.0 Å². The van der Waals surface area contributed by atoms with Crippen LogP contribution >= 0.6 is 0 Å². The van der Waals surface area contributed by atoms with Crippen LogP contribution in [-0.4, -0.2) is 63.9 Å². The number of piperazine rings is 1. The summed E-state index contributed by atoms with van der Waals surface area (Å²) in [5.74, 6) is 2.33. The first-order valence-electron chi connectivity index (χ1n) is 7.97. The van der Waals surface area contributed by atoms with Gasteiger partial charge in [0, 0.05) is 38.6 Å². The van der Waals surface area contributed by atoms with Crippen LogP contribution in [0.4, 0.5) is 5.82 Å². The van der Waals surface area contributed by atoms with E-state index in [0.717, 1.165) is 17.5 Å². The number of anilines is 1. The number of sulfonamides is 1. The predicted molar refractivity (Wildman–Crippen MR) is 91.7 cm³/mol. The predicted octanol–water partition coefficient (Wildman–Crippen LogP) is 0.831. The largest absolute Gasteiger partial charge is 0.352 e. The summed E-state index contributed by atoms with van der Waals surface area (Å²) in [4.78, 5) is 6.23. The normalized spacial score (nSPS) is 16.8. The van der Waals surface area contributed by atoms with Crippen molar-refractivity contribution in [1.29, 1.82) is 0 Å². The van der Waals surface area contributed by atoms with Crippen molar-refractivity contribution in [2.24, 2.45) is 0 Å². The van der Waals surface area contributed by atoms with E-state index in [0.29, 0.717) is 26.2 Å². The summed E-state index contributed by atoms with van der Waals surface area (Å²) in [6.45, 7) is 7.52. The molecule has 1 saturated heterocycles. The lowest BCUT2D eigenvalue weighted by Crippen LogP contribution is -2.50. The third kappa shape index (κ3) is 3.13. The number of hydrogen-bond acceptors (Lipinski definition) is 6. The molecule has 0 spiro atoms. The van der Waals surface area contributed by atoms with Crippen molar-refractivity contribution in [3.05, 3.63) is 30.4 Å². The Labute approximate surface area is 142 Å². The molecule has 130 valence electrons. The molecule has 1 fully saturated rings. The minimum Gasteiger partial charge on any atom is -0.352 e. The summed E-state index contributed by atoms with van der Waals surface area (Å²) >= 11 is 0. The van der Waals surface area contributed by atoms with Crippen molar-refractivity contribution >= 4 is 15.8 Å². The van der Waals surface area contributed by atoms with Crippen LogP contribution in [0.25, 0.3) is 5.82 Å². The highest BCUT2D eigenvalue weighted by Crippen LogP contribution is 2.17. The minimum absolute atomic E-state index is 0.387. The number of nitrogens with zero attached hydrogens (tertiary/aromatic N) is 6. The third-order valence-corrected chi connectivity index (χ3v) is 6.50. The van der Waals surface area contributed by atoms with Crippen molar-refractivity contribution in [2.75, 3.05) is 31.1 Å². The maximum atomic E-state index is 12.2. The molecular weight excluding hydrogens is 328 g/mol. The van der Waals surface area contributed by atoms with Crippen molar-refractivity contribution in [3.8, 4) is 5.82 Å². The molecule has 2 aromatic rings. The Balaban J connectivity index is 1.68. The van der Waals surface area contributed by atoms with Gasteiger partial charge in [0.2, 0.25) is 10.0 Å². The zero-order valence-electron chi connectivity index (χ0n) is 14.1. The fourth-order valence-electron chi connectivity index (χ4n) is 2.71. The second kappa shape index (κ2) is 6.48. The monoisotopic (exact) mass is 350 g/mol. The van der Waals surface area contributed by atoms with E-state index in [-0.39, 0.29) is 5.25 Å². The number of aromatic nitrogens is 4. The number of hydrogen-bond donors (Lipinski definition) is 0. The van der Waals surface area contributed by atoms with E-state index in [1.807, 2.05) is 29.8 Å². The molecule has 1 aliphatic rings. The number of rotatable bonds is 4. The highest BCUT2D eigenvalue weighted by Gasteiger charge is 2.29. The van der Waals surface area contributed by atoms with Crippen LogP contribution < -0.4 is 4.90 Å². The van der Waals surface area contributed by atoms with E-state index in [1.54, 1.807) is 24.3 Å². The summed E-state index contributed by atoms with van der Waals surface area (Å²) < 4.78 is 27.8. The first-order valence-corrected chi connectivity index (χ1v) is 9.48. The Morgan fingerprint density at radius 1 is 1.04 bits per heavy atom. The maximum Gasteiger partial charge on any atom is 0.216 e. The SMILES string of the molecule is Cc1nccn1-c1ccc(N2CCN(S(=O)(=O)C(C)C)CC2)nn1. The highest BCUT2D eigenvalue weighted by molar-refractivity contribution is 7.89. The Hall–Kier alpha value is -2.00. The lowest BCUT2D eigenvalue weighted by molar-refractivity contribution is 0.379. The van der Waals surface area contributed by atoms with Gasteiger partial charge in [-0.2, -0.15) is 4.31 Å². The zero-order valence-corrected chi connectivity index (χ0v) is 14.9. The molecule has 0 aromatic carbocycles. The van der Waals surface area contributed by atoms with E-state index >= 15 is 0 Å². The lowest BCUT2D eigenvalue weighted by atomic mass is 10.3. The molecule has 0 saturated carbocycles. The molecule has 0 unspecified atom stereocenters. The molecule has 0 atom stereocenters. The van der Waals surface area contributed by atoms with Gasteiger partial charge in [0.05, 0.1) is 5.25 Å². The van der Waals surface area contributed by atoms with Crippen LogP contribution in [-0.2, 0) is 10.0 Å². The van der Waals surface area contributed by atoms with Crippen molar-refractivity contribution in [3.63, 3.8) is 0 Å². The quantitative estimate of drug-likeness (QED) is 0.812. The zero-order chi connectivity index (χ0) is 17.3. The van der Waals surface area contributed by atoms with Gasteiger partial charge in [0.25, 0.3) is 0 Å². The Morgan fingerprint density at radius 2 is 1.67 bits per heavy atom. The van der Waals surface area contributed by atoms with E-state index in [2.05, 4.69) is 20.1 Å². The van der Waals surface area contributed by atoms with E-state index in [1.165, 1.54) is 0 Å². The average Bonchev–Trinajstić information content (AvgIpc) is 3.01. The van der Waals surface area contributed by atoms with Crippen LogP contribution in [0.2, 0.25) is 0 Å². The third-order valence-electron chi connectivity index (χ3n) is 4.23. The molecule has 8 nitrogen and oxygen atoms in total. The summed E-state index contributed by atoms with van der Waals surface area (Å²) in [5.41, 5.74) is 0. The fourth-order valence-corrected chi connectivity index (χ4v) is 3.97. The van der Waals surface area contributed by atoms with E-state index < -0.39 is 10.0 Å². The Kier molecular flexibility index (Phi) is 4.55. The molecule has 0 N–H and O–H groups in total. The number of imidazole rings is 1. The fraction of sp³-hybridized carbons (Fsp3) is 0.533. The summed E-state index contributed by atoms with van der Waals surface area (Å²) in [6, 6.07) is 3.81. The van der Waals surface area contributed by atoms with Crippen LogP contribution in [0.5, 0.6) is 0 Å². The van der Waals surface area contributed by atoms with Crippen LogP contribution in [0.3, 0.4) is 0 Å². The van der Waals surface area contributed by atoms with Gasteiger partial charge in [-0.1, -0.05) is 0 Å². The Morgan fingerprint density at radius 3 is 2.17 bits per heavy atom. The molecule has 3 heterocycles. The van der Waals surface area contributed by atoms with Crippen molar-refractivity contribution < 1.29 is 8.42 Å². The van der Waals surface area contributed by atoms with Crippen molar-refractivity contribution in [1.82, 2.24) is 24.1 Å². The molecule has 3 rings (SSSR count). The second-order valence-corrected chi connectivity index (χ2v) is 8.56. The Bertz CT molecular complexity index is 792. The molecule has 24 heavy (non-hydrogen) atoms. The molecule has 9 heteroatoms. The smallest absolute Gasteiger partial charge is 0.216 e. The van der Waals surface area contributed by atoms with Gasteiger partial charge in [0.15, 0.2) is 11.6 Å². The average molecular weight is 350 g/mol. The minimum atomic E-state index is -3.19. The van der Waals surface area contributed by atoms with Crippen LogP contribution in [0.1, 0.15) is 19.7 Å². The van der Waals surface area contributed by atoms with Gasteiger partial charge >= 0.3 is 0 Å². The standard InChI is InChI=1S/C15H22N6O2S/c1-12(2)24(22,23)20-10-8-19(9-11-20)14-4-5-15(18-17-14)21-7-6-16-13(21)3/h4-7,12H,8-11H2,1-3H3. The molecule has 0 aliphatic carbocycles. The lowest BCUT2D eigenvalue weighted by Gasteiger charge is -2.35. The molecular formula is C15H22N6O2S. The van der Waals surface area contributed by atoms with Crippen LogP contribution in [0.15, 0.2) is 24.5 Å². The summed E-state index contributed by atoms with van der Waals surface area (Å²) in [7, 11) is -3.19. The highest BCUT2D eigenvalue weighted by atomic mass is 32.2. The summed E-state index contributed by atoms with van der Waals surface area (Å²) in [6.07, 6.45) is 3.56. The maximum absolute atomic E-state index is 12.2. The van der Waals surface area contributed by atoms with Crippen LogP contribution in [0, 0.1) is 6.92 Å². The van der Waals surface area contributed by atoms with E-state index in [4.69, 9.17) is 0 Å². The summed E-state index contributed by atoms with van der Waals surface area (Å²) in [5, 5.41) is 8.15. The molecule has 0 radical (unpaired) electrons. The number of aryl methyl sites for hydroxylation is 1.